The molecule has 0 atom stereocenters. The molecular formula is C14H9F5S. The van der Waals surface area contributed by atoms with Crippen molar-refractivity contribution in [3.05, 3.63) is 65.2 Å². The van der Waals surface area contributed by atoms with Gasteiger partial charge < -0.3 is 0 Å². The molecule has 0 aliphatic carbocycles. The maximum atomic E-state index is 13.4. The highest BCUT2D eigenvalue weighted by Gasteiger charge is 2.29. The first-order valence-corrected chi connectivity index (χ1v) is 6.59. The fraction of sp³-hybridized carbons (Fsp3) is 0.143. The van der Waals surface area contributed by atoms with Gasteiger partial charge in [0.2, 0.25) is 0 Å². The highest BCUT2D eigenvalue weighted by atomic mass is 32.2. The Morgan fingerprint density at radius 3 is 2.15 bits per heavy atom. The molecule has 0 N–H and O–H groups in total. The van der Waals surface area contributed by atoms with Gasteiger partial charge in [-0.15, -0.1) is 11.8 Å². The number of hydrogen-bond donors (Lipinski definition) is 0. The fourth-order valence-corrected chi connectivity index (χ4v) is 2.43. The topological polar surface area (TPSA) is 0 Å². The third-order valence-electron chi connectivity index (χ3n) is 2.58. The van der Waals surface area contributed by atoms with Crippen LogP contribution in [-0.4, -0.2) is 0 Å². The molecule has 0 heterocycles. The zero-order chi connectivity index (χ0) is 14.8. The van der Waals surface area contributed by atoms with Gasteiger partial charge in [0.05, 0.1) is 5.56 Å². The number of hydrogen-bond acceptors (Lipinski definition) is 1. The summed E-state index contributed by atoms with van der Waals surface area (Å²) < 4.78 is 63.4. The minimum atomic E-state index is -4.38. The van der Waals surface area contributed by atoms with Crippen LogP contribution in [0.3, 0.4) is 0 Å². The molecule has 0 radical (unpaired) electrons. The first-order valence-electron chi connectivity index (χ1n) is 5.60. The highest BCUT2D eigenvalue weighted by molar-refractivity contribution is 7.98. The van der Waals surface area contributed by atoms with E-state index < -0.39 is 23.4 Å². The van der Waals surface area contributed by atoms with Crippen LogP contribution in [0.25, 0.3) is 0 Å². The molecule has 0 saturated carbocycles. The van der Waals surface area contributed by atoms with Gasteiger partial charge in [-0.3, -0.25) is 0 Å². The van der Waals surface area contributed by atoms with Crippen LogP contribution >= 0.6 is 11.8 Å². The van der Waals surface area contributed by atoms with Gasteiger partial charge in [0.1, 0.15) is 11.6 Å². The van der Waals surface area contributed by atoms with Crippen molar-refractivity contribution in [2.75, 3.05) is 0 Å². The van der Waals surface area contributed by atoms with Crippen LogP contribution in [0.5, 0.6) is 0 Å². The van der Waals surface area contributed by atoms with Crippen LogP contribution in [0, 0.1) is 11.6 Å². The van der Waals surface area contributed by atoms with E-state index in [9.17, 15) is 22.0 Å². The third-order valence-corrected chi connectivity index (χ3v) is 3.64. The zero-order valence-corrected chi connectivity index (χ0v) is 10.9. The lowest BCUT2D eigenvalue weighted by atomic mass is 10.2. The van der Waals surface area contributed by atoms with E-state index >= 15 is 0 Å². The van der Waals surface area contributed by atoms with Crippen LogP contribution in [-0.2, 0) is 11.9 Å². The van der Waals surface area contributed by atoms with E-state index in [1.165, 1.54) is 12.1 Å². The standard InChI is InChI=1S/C14H9F5S/c15-11-3-6-13(16)9(7-11)8-20-12-4-1-10(2-5-12)14(17,18)19/h1-7H,8H2. The average Bonchev–Trinajstić information content (AvgIpc) is 2.39. The Kier molecular flexibility index (Phi) is 4.32. The molecule has 0 fully saturated rings. The van der Waals surface area contributed by atoms with Gasteiger partial charge in [0.25, 0.3) is 0 Å². The first-order chi connectivity index (χ1) is 9.36. The molecule has 0 amide bonds. The summed E-state index contributed by atoms with van der Waals surface area (Å²) in [6.07, 6.45) is -4.38. The predicted molar refractivity (Wildman–Crippen MR) is 67.4 cm³/mol. The number of halogens is 5. The fourth-order valence-electron chi connectivity index (χ4n) is 1.56. The molecule has 106 valence electrons. The van der Waals surface area contributed by atoms with E-state index in [-0.39, 0.29) is 11.3 Å². The Morgan fingerprint density at radius 1 is 0.900 bits per heavy atom. The number of benzene rings is 2. The minimum Gasteiger partial charge on any atom is -0.207 e. The lowest BCUT2D eigenvalue weighted by Gasteiger charge is -2.08. The summed E-state index contributed by atoms with van der Waals surface area (Å²) in [5.41, 5.74) is -0.561. The molecule has 0 nitrogen and oxygen atoms in total. The van der Waals surface area contributed by atoms with E-state index in [0.717, 1.165) is 42.1 Å². The second-order valence-electron chi connectivity index (χ2n) is 4.05. The van der Waals surface area contributed by atoms with Gasteiger partial charge in [-0.05, 0) is 42.5 Å². The van der Waals surface area contributed by atoms with Crippen LogP contribution in [0.4, 0.5) is 22.0 Å². The summed E-state index contributed by atoms with van der Waals surface area (Å²) in [5, 5.41) is 0. The monoisotopic (exact) mass is 304 g/mol. The SMILES string of the molecule is Fc1ccc(F)c(CSc2ccc(C(F)(F)F)cc2)c1. The maximum absolute atomic E-state index is 13.4. The van der Waals surface area contributed by atoms with E-state index in [1.807, 2.05) is 0 Å². The van der Waals surface area contributed by atoms with Crippen molar-refractivity contribution < 1.29 is 22.0 Å². The molecule has 20 heavy (non-hydrogen) atoms. The summed E-state index contributed by atoms with van der Waals surface area (Å²) >= 11 is 1.14. The molecule has 0 aromatic heterocycles. The van der Waals surface area contributed by atoms with E-state index in [1.54, 1.807) is 0 Å². The van der Waals surface area contributed by atoms with Crippen molar-refractivity contribution in [3.8, 4) is 0 Å². The lowest BCUT2D eigenvalue weighted by molar-refractivity contribution is -0.137. The summed E-state index contributed by atoms with van der Waals surface area (Å²) in [7, 11) is 0. The van der Waals surface area contributed by atoms with Crippen LogP contribution < -0.4 is 0 Å². The van der Waals surface area contributed by atoms with Gasteiger partial charge in [-0.2, -0.15) is 13.2 Å². The molecule has 0 unspecified atom stereocenters. The van der Waals surface area contributed by atoms with Crippen LogP contribution in [0.15, 0.2) is 47.4 Å². The van der Waals surface area contributed by atoms with E-state index in [4.69, 9.17) is 0 Å². The van der Waals surface area contributed by atoms with Crippen molar-refractivity contribution in [2.45, 2.75) is 16.8 Å². The van der Waals surface area contributed by atoms with Crippen molar-refractivity contribution in [2.24, 2.45) is 0 Å². The number of thioether (sulfide) groups is 1. The van der Waals surface area contributed by atoms with Crippen LogP contribution in [0.2, 0.25) is 0 Å². The van der Waals surface area contributed by atoms with Crippen molar-refractivity contribution in [1.82, 2.24) is 0 Å². The second-order valence-corrected chi connectivity index (χ2v) is 5.10. The van der Waals surface area contributed by atoms with Gasteiger partial charge in [-0.25, -0.2) is 8.78 Å². The van der Waals surface area contributed by atoms with Crippen LogP contribution in [0.1, 0.15) is 11.1 Å². The van der Waals surface area contributed by atoms with E-state index in [2.05, 4.69) is 0 Å². The zero-order valence-electron chi connectivity index (χ0n) is 10.0. The molecule has 2 aromatic carbocycles. The second kappa shape index (κ2) is 5.83. The van der Waals surface area contributed by atoms with E-state index in [0.29, 0.717) is 4.90 Å². The molecule has 0 bridgehead atoms. The third kappa shape index (κ3) is 3.72. The highest BCUT2D eigenvalue weighted by Crippen LogP contribution is 2.31. The van der Waals surface area contributed by atoms with Gasteiger partial charge in [0, 0.05) is 16.2 Å². The summed E-state index contributed by atoms with van der Waals surface area (Å²) in [6, 6.07) is 7.66. The Hall–Kier alpha value is -1.56. The predicted octanol–water partition coefficient (Wildman–Crippen LogP) is 5.28. The first kappa shape index (κ1) is 14.8. The molecule has 0 aliphatic rings. The molecule has 2 aromatic rings. The maximum Gasteiger partial charge on any atom is 0.416 e. The molecule has 0 saturated heterocycles. The largest absolute Gasteiger partial charge is 0.416 e. The summed E-state index contributed by atoms with van der Waals surface area (Å²) in [6.45, 7) is 0. The van der Waals surface area contributed by atoms with Crippen molar-refractivity contribution >= 4 is 11.8 Å². The molecule has 0 aliphatic heterocycles. The molecule has 0 spiro atoms. The van der Waals surface area contributed by atoms with Crippen molar-refractivity contribution in [3.63, 3.8) is 0 Å². The van der Waals surface area contributed by atoms with Gasteiger partial charge >= 0.3 is 6.18 Å². The van der Waals surface area contributed by atoms with Crippen molar-refractivity contribution in [1.29, 1.82) is 0 Å². The van der Waals surface area contributed by atoms with Gasteiger partial charge in [-0.1, -0.05) is 0 Å². The molecule has 2 rings (SSSR count). The number of rotatable bonds is 3. The summed E-state index contributed by atoms with van der Waals surface area (Å²) in [4.78, 5) is 0.557. The lowest BCUT2D eigenvalue weighted by Crippen LogP contribution is -2.03. The molecular weight excluding hydrogens is 295 g/mol. The minimum absolute atomic E-state index is 0.148. The molecule has 6 heteroatoms. The number of alkyl halides is 3. The summed E-state index contributed by atoms with van der Waals surface area (Å²) in [5.74, 6) is -0.935. The smallest absolute Gasteiger partial charge is 0.207 e. The normalized spacial score (nSPS) is 11.7. The Morgan fingerprint density at radius 2 is 1.55 bits per heavy atom. The quantitative estimate of drug-likeness (QED) is 0.549. The Balaban J connectivity index is 2.06. The average molecular weight is 304 g/mol. The Labute approximate surface area is 116 Å². The van der Waals surface area contributed by atoms with Gasteiger partial charge in [0.15, 0.2) is 0 Å². The Bertz CT molecular complexity index is 590.